The Bertz CT molecular complexity index is 565. The van der Waals surface area contributed by atoms with Gasteiger partial charge in [0, 0.05) is 25.0 Å². The number of nitrogens with zero attached hydrogens (tertiary/aromatic N) is 4. The van der Waals surface area contributed by atoms with E-state index >= 15 is 0 Å². The molecule has 0 radical (unpaired) electrons. The highest BCUT2D eigenvalue weighted by atomic mass is 16.5. The number of Topliss-reactive ketones (excluding diaryl/α,β-unsaturated/α-hetero) is 1. The number of aromatic nitrogens is 4. The molecular formula is C13H16N4O2. The number of ether oxygens (including phenoxy) is 1. The zero-order valence-electron chi connectivity index (χ0n) is 11.0. The lowest BCUT2D eigenvalue weighted by atomic mass is 10.2. The largest absolute Gasteiger partial charge is 0.481 e. The SMILES string of the molecule is CCCn1ccnc1CC(=O)c1cc(OC)ncn1. The first kappa shape index (κ1) is 13.2. The van der Waals surface area contributed by atoms with Gasteiger partial charge in [-0.1, -0.05) is 6.92 Å². The Balaban J connectivity index is 2.13. The minimum Gasteiger partial charge on any atom is -0.481 e. The summed E-state index contributed by atoms with van der Waals surface area (Å²) in [6, 6.07) is 1.54. The highest BCUT2D eigenvalue weighted by Gasteiger charge is 2.13. The van der Waals surface area contributed by atoms with Crippen molar-refractivity contribution in [2.45, 2.75) is 26.3 Å². The van der Waals surface area contributed by atoms with Crippen molar-refractivity contribution in [3.05, 3.63) is 36.3 Å². The highest BCUT2D eigenvalue weighted by Crippen LogP contribution is 2.09. The van der Waals surface area contributed by atoms with Crippen molar-refractivity contribution >= 4 is 5.78 Å². The molecule has 2 aromatic rings. The molecule has 0 aliphatic carbocycles. The second-order valence-electron chi connectivity index (χ2n) is 4.08. The number of hydrogen-bond acceptors (Lipinski definition) is 5. The van der Waals surface area contributed by atoms with Gasteiger partial charge in [-0.25, -0.2) is 15.0 Å². The smallest absolute Gasteiger partial charge is 0.216 e. The predicted molar refractivity (Wildman–Crippen MR) is 69.1 cm³/mol. The van der Waals surface area contributed by atoms with E-state index in [-0.39, 0.29) is 12.2 Å². The Labute approximate surface area is 111 Å². The standard InChI is InChI=1S/C13H16N4O2/c1-3-5-17-6-4-14-12(17)8-11(18)10-7-13(19-2)16-9-15-10/h4,6-7,9H,3,5,8H2,1-2H3. The van der Waals surface area contributed by atoms with Crippen LogP contribution < -0.4 is 4.74 Å². The molecule has 0 fully saturated rings. The third-order valence-corrected chi connectivity index (χ3v) is 2.72. The number of ketones is 1. The second-order valence-corrected chi connectivity index (χ2v) is 4.08. The summed E-state index contributed by atoms with van der Waals surface area (Å²) in [7, 11) is 1.50. The van der Waals surface area contributed by atoms with Crippen LogP contribution in [0.4, 0.5) is 0 Å². The highest BCUT2D eigenvalue weighted by molar-refractivity contribution is 5.95. The maximum Gasteiger partial charge on any atom is 0.216 e. The van der Waals surface area contributed by atoms with Crippen LogP contribution in [0.15, 0.2) is 24.8 Å². The van der Waals surface area contributed by atoms with E-state index in [4.69, 9.17) is 4.74 Å². The molecule has 0 unspecified atom stereocenters. The first-order valence-corrected chi connectivity index (χ1v) is 6.13. The summed E-state index contributed by atoms with van der Waals surface area (Å²) in [6.45, 7) is 2.94. The topological polar surface area (TPSA) is 69.9 Å². The molecule has 0 aromatic carbocycles. The predicted octanol–water partition coefficient (Wildman–Crippen LogP) is 1.52. The summed E-state index contributed by atoms with van der Waals surface area (Å²) in [5.41, 5.74) is 0.345. The molecule has 2 heterocycles. The molecule has 0 aliphatic rings. The van der Waals surface area contributed by atoms with E-state index < -0.39 is 0 Å². The number of rotatable bonds is 6. The van der Waals surface area contributed by atoms with Gasteiger partial charge in [-0.05, 0) is 6.42 Å². The third kappa shape index (κ3) is 3.15. The molecule has 100 valence electrons. The van der Waals surface area contributed by atoms with Crippen molar-refractivity contribution in [3.8, 4) is 5.88 Å². The molecular weight excluding hydrogens is 244 g/mol. The lowest BCUT2D eigenvalue weighted by Gasteiger charge is -2.05. The van der Waals surface area contributed by atoms with Gasteiger partial charge in [-0.3, -0.25) is 4.79 Å². The Hall–Kier alpha value is -2.24. The average molecular weight is 260 g/mol. The molecule has 2 rings (SSSR count). The summed E-state index contributed by atoms with van der Waals surface area (Å²) in [5, 5.41) is 0. The molecule has 0 amide bonds. The van der Waals surface area contributed by atoms with Gasteiger partial charge in [-0.15, -0.1) is 0 Å². The fourth-order valence-corrected chi connectivity index (χ4v) is 1.79. The zero-order valence-corrected chi connectivity index (χ0v) is 11.0. The summed E-state index contributed by atoms with van der Waals surface area (Å²) in [4.78, 5) is 24.2. The average Bonchev–Trinajstić information content (AvgIpc) is 2.86. The fourth-order valence-electron chi connectivity index (χ4n) is 1.79. The number of carbonyl (C=O) groups is 1. The van der Waals surface area contributed by atoms with Crippen molar-refractivity contribution in [1.82, 2.24) is 19.5 Å². The molecule has 6 nitrogen and oxygen atoms in total. The van der Waals surface area contributed by atoms with Crippen LogP contribution in [0.1, 0.15) is 29.7 Å². The Morgan fingerprint density at radius 2 is 2.21 bits per heavy atom. The minimum atomic E-state index is -0.0933. The molecule has 0 bridgehead atoms. The quantitative estimate of drug-likeness (QED) is 0.736. The van der Waals surface area contributed by atoms with Gasteiger partial charge in [0.15, 0.2) is 5.78 Å². The normalized spacial score (nSPS) is 10.4. The molecule has 0 N–H and O–H groups in total. The van der Waals surface area contributed by atoms with Gasteiger partial charge in [-0.2, -0.15) is 0 Å². The van der Waals surface area contributed by atoms with E-state index in [0.717, 1.165) is 18.8 Å². The monoisotopic (exact) mass is 260 g/mol. The van der Waals surface area contributed by atoms with E-state index in [1.54, 1.807) is 6.20 Å². The number of methoxy groups -OCH3 is 1. The number of imidazole rings is 1. The van der Waals surface area contributed by atoms with Crippen LogP contribution in [0.2, 0.25) is 0 Å². The second kappa shape index (κ2) is 6.08. The van der Waals surface area contributed by atoms with Crippen molar-refractivity contribution in [2.75, 3.05) is 7.11 Å². The van der Waals surface area contributed by atoms with E-state index in [9.17, 15) is 4.79 Å². The van der Waals surface area contributed by atoms with Crippen LogP contribution in [-0.4, -0.2) is 32.4 Å². The van der Waals surface area contributed by atoms with Crippen LogP contribution in [0.3, 0.4) is 0 Å². The minimum absolute atomic E-state index is 0.0933. The molecule has 2 aromatic heterocycles. The van der Waals surface area contributed by atoms with Crippen LogP contribution in [0.5, 0.6) is 5.88 Å². The molecule has 0 spiro atoms. The lowest BCUT2D eigenvalue weighted by Crippen LogP contribution is -2.12. The molecule has 0 atom stereocenters. The summed E-state index contributed by atoms with van der Waals surface area (Å²) >= 11 is 0. The Morgan fingerprint density at radius 1 is 1.37 bits per heavy atom. The van der Waals surface area contributed by atoms with Crippen molar-refractivity contribution < 1.29 is 9.53 Å². The van der Waals surface area contributed by atoms with Gasteiger partial charge in [0.1, 0.15) is 17.8 Å². The van der Waals surface area contributed by atoms with Crippen molar-refractivity contribution in [1.29, 1.82) is 0 Å². The van der Waals surface area contributed by atoms with Gasteiger partial charge in [0.05, 0.1) is 13.5 Å². The van der Waals surface area contributed by atoms with Gasteiger partial charge in [0.2, 0.25) is 5.88 Å². The van der Waals surface area contributed by atoms with Gasteiger partial charge in [0.25, 0.3) is 0 Å². The van der Waals surface area contributed by atoms with Gasteiger partial charge >= 0.3 is 0 Å². The van der Waals surface area contributed by atoms with Crippen LogP contribution in [0, 0.1) is 0 Å². The fraction of sp³-hybridized carbons (Fsp3) is 0.385. The van der Waals surface area contributed by atoms with E-state index in [0.29, 0.717) is 11.6 Å². The molecule has 0 saturated carbocycles. The molecule has 0 saturated heterocycles. The lowest BCUT2D eigenvalue weighted by molar-refractivity contribution is 0.0984. The summed E-state index contributed by atoms with van der Waals surface area (Å²) in [6.07, 6.45) is 6.14. The van der Waals surface area contributed by atoms with Crippen LogP contribution in [0.25, 0.3) is 0 Å². The van der Waals surface area contributed by atoms with E-state index in [1.807, 2.05) is 10.8 Å². The van der Waals surface area contributed by atoms with Crippen molar-refractivity contribution in [3.63, 3.8) is 0 Å². The molecule has 19 heavy (non-hydrogen) atoms. The summed E-state index contributed by atoms with van der Waals surface area (Å²) < 4.78 is 6.96. The van der Waals surface area contributed by atoms with Crippen molar-refractivity contribution in [2.24, 2.45) is 0 Å². The number of carbonyl (C=O) groups excluding carboxylic acids is 1. The zero-order chi connectivity index (χ0) is 13.7. The van der Waals surface area contributed by atoms with Crippen LogP contribution >= 0.6 is 0 Å². The maximum absolute atomic E-state index is 12.1. The Morgan fingerprint density at radius 3 is 2.95 bits per heavy atom. The molecule has 0 aliphatic heterocycles. The number of hydrogen-bond donors (Lipinski definition) is 0. The maximum atomic E-state index is 12.1. The van der Waals surface area contributed by atoms with E-state index in [2.05, 4.69) is 21.9 Å². The Kier molecular flexibility index (Phi) is 4.22. The van der Waals surface area contributed by atoms with Gasteiger partial charge < -0.3 is 9.30 Å². The molecule has 6 heteroatoms. The summed E-state index contributed by atoms with van der Waals surface area (Å²) in [5.74, 6) is 1.05. The van der Waals surface area contributed by atoms with E-state index in [1.165, 1.54) is 19.5 Å². The third-order valence-electron chi connectivity index (χ3n) is 2.72. The van der Waals surface area contributed by atoms with Crippen LogP contribution in [-0.2, 0) is 13.0 Å². The number of aryl methyl sites for hydroxylation is 1. The first-order chi connectivity index (χ1) is 9.24. The first-order valence-electron chi connectivity index (χ1n) is 6.13.